The molecule has 1 aromatic rings. The van der Waals surface area contributed by atoms with Crippen molar-refractivity contribution in [1.29, 1.82) is 0 Å². The van der Waals surface area contributed by atoms with E-state index in [2.05, 4.69) is 6.58 Å². The first-order valence-electron chi connectivity index (χ1n) is 13.2. The Labute approximate surface area is 222 Å². The van der Waals surface area contributed by atoms with Crippen LogP contribution >= 0.6 is 0 Å². The summed E-state index contributed by atoms with van der Waals surface area (Å²) in [6.45, 7) is 12.7. The van der Waals surface area contributed by atoms with Crippen LogP contribution in [0.5, 0.6) is 0 Å². The van der Waals surface area contributed by atoms with Gasteiger partial charge in [-0.25, -0.2) is 0 Å². The molecule has 5 aliphatic rings. The minimum Gasteiger partial charge on any atom is -0.390 e. The Morgan fingerprint density at radius 3 is 2.37 bits per heavy atom. The molecule has 208 valence electrons. The first-order chi connectivity index (χ1) is 17.7. The highest BCUT2D eigenvalue weighted by Crippen LogP contribution is 2.70. The van der Waals surface area contributed by atoms with Gasteiger partial charge in [0.1, 0.15) is 35.1 Å². The van der Waals surface area contributed by atoms with Crippen LogP contribution in [0.1, 0.15) is 40.2 Å². The second kappa shape index (κ2) is 7.96. The lowest BCUT2D eigenvalue weighted by molar-refractivity contribution is -0.427. The van der Waals surface area contributed by atoms with E-state index in [1.165, 1.54) is 6.92 Å². The van der Waals surface area contributed by atoms with Crippen LogP contribution in [0.25, 0.3) is 0 Å². The molecule has 6 rings (SSSR count). The molecular formula is C29H38O9. The molecule has 2 aliphatic heterocycles. The van der Waals surface area contributed by atoms with E-state index in [0.29, 0.717) is 11.1 Å². The molecule has 2 saturated heterocycles. The van der Waals surface area contributed by atoms with E-state index in [0.717, 1.165) is 5.56 Å². The number of aliphatic hydroxyl groups excluding tert-OH is 3. The van der Waals surface area contributed by atoms with E-state index in [9.17, 15) is 25.5 Å². The SMILES string of the molecule is C=C(C)[C@@]12OC3(C)O[C@@H]1[C@@H]1[C@H](O)[C@@](C)(O)[C@@H](O)[C@@]4(O)[C@@H](C=C(C)[C@@H]4O)[C@@]1(O3)[C@H](C)[C@@H]2OCc1ccccc1. The highest BCUT2D eigenvalue weighted by molar-refractivity contribution is 5.41. The van der Waals surface area contributed by atoms with Crippen LogP contribution < -0.4 is 0 Å². The van der Waals surface area contributed by atoms with Gasteiger partial charge in [-0.05, 0) is 37.5 Å². The smallest absolute Gasteiger partial charge is 0.281 e. The van der Waals surface area contributed by atoms with Gasteiger partial charge < -0.3 is 44.5 Å². The lowest BCUT2D eigenvalue weighted by Gasteiger charge is -2.62. The molecule has 13 atom stereocenters. The van der Waals surface area contributed by atoms with Crippen LogP contribution in [0.4, 0.5) is 0 Å². The Hall–Kier alpha value is -1.66. The Morgan fingerprint density at radius 2 is 1.74 bits per heavy atom. The molecule has 0 spiro atoms. The van der Waals surface area contributed by atoms with Gasteiger partial charge in [0.25, 0.3) is 5.97 Å². The number of ether oxygens (including phenoxy) is 4. The molecule has 5 N–H and O–H groups in total. The minimum atomic E-state index is -2.27. The number of aliphatic hydroxyl groups is 5. The molecular weight excluding hydrogens is 492 g/mol. The highest BCUT2D eigenvalue weighted by Gasteiger charge is 2.85. The maximum atomic E-state index is 12.1. The molecule has 3 bridgehead atoms. The van der Waals surface area contributed by atoms with Crippen molar-refractivity contribution in [2.24, 2.45) is 17.8 Å². The Balaban J connectivity index is 1.59. The number of hydrogen-bond donors (Lipinski definition) is 5. The number of rotatable bonds is 4. The molecule has 9 heteroatoms. The second-order valence-corrected chi connectivity index (χ2v) is 12.3. The van der Waals surface area contributed by atoms with Crippen LogP contribution in [0.2, 0.25) is 0 Å². The van der Waals surface area contributed by atoms with Gasteiger partial charge in [0.05, 0.1) is 24.4 Å². The maximum Gasteiger partial charge on any atom is 0.281 e. The van der Waals surface area contributed by atoms with Crippen LogP contribution in [0.3, 0.4) is 0 Å². The van der Waals surface area contributed by atoms with Crippen LogP contribution in [-0.2, 0) is 25.6 Å². The topological polar surface area (TPSA) is 138 Å². The molecule has 9 nitrogen and oxygen atoms in total. The van der Waals surface area contributed by atoms with Crippen LogP contribution in [0.15, 0.2) is 54.1 Å². The first-order valence-corrected chi connectivity index (χ1v) is 13.2. The fraction of sp³-hybridized carbons (Fsp3) is 0.655. The third-order valence-corrected chi connectivity index (χ3v) is 10.1. The van der Waals surface area contributed by atoms with Crippen molar-refractivity contribution in [2.45, 2.75) is 100 Å². The summed E-state index contributed by atoms with van der Waals surface area (Å²) in [5.74, 6) is -4.21. The Morgan fingerprint density at radius 1 is 1.08 bits per heavy atom. The predicted molar refractivity (Wildman–Crippen MR) is 134 cm³/mol. The van der Waals surface area contributed by atoms with Gasteiger partial charge in [-0.2, -0.15) is 0 Å². The van der Waals surface area contributed by atoms with Gasteiger partial charge in [0.2, 0.25) is 0 Å². The van der Waals surface area contributed by atoms with Crippen molar-refractivity contribution in [3.63, 3.8) is 0 Å². The monoisotopic (exact) mass is 530 g/mol. The lowest BCUT2D eigenvalue weighted by Crippen LogP contribution is -2.77. The summed E-state index contributed by atoms with van der Waals surface area (Å²) in [6, 6.07) is 9.66. The molecule has 0 aromatic heterocycles. The van der Waals surface area contributed by atoms with E-state index < -0.39 is 76.7 Å². The largest absolute Gasteiger partial charge is 0.390 e. The van der Waals surface area contributed by atoms with Gasteiger partial charge in [0, 0.05) is 24.7 Å². The standard InChI is InChI=1S/C29H38O9/c1-14(2)28-22(35-13-17-10-8-7-9-11-17)16(4)29-18-12-15(3)20(30)27(18,34)24(32)25(5,33)21(31)19(29)23(28)36-26(6,37-28)38-29/h7-12,16,18-24,30-34H,1,13H2,2-6H3/t16-,18-,19+,20+,21+,22+,23-,24-,25-,26?,27-,28+,29+/m1/s1. The average Bonchev–Trinajstić information content (AvgIpc) is 3.22. The third-order valence-electron chi connectivity index (χ3n) is 10.1. The number of fused-ring (bicyclic) bond motifs is 2. The average molecular weight is 531 g/mol. The zero-order chi connectivity index (χ0) is 27.6. The van der Waals surface area contributed by atoms with E-state index in [1.807, 2.05) is 44.2 Å². The zero-order valence-corrected chi connectivity index (χ0v) is 22.4. The molecule has 1 aromatic carbocycles. The molecule has 0 radical (unpaired) electrons. The fourth-order valence-corrected chi connectivity index (χ4v) is 8.34. The number of benzene rings is 1. The number of hydrogen-bond acceptors (Lipinski definition) is 9. The molecule has 3 aliphatic carbocycles. The molecule has 0 amide bonds. The summed E-state index contributed by atoms with van der Waals surface area (Å²) < 4.78 is 26.3. The van der Waals surface area contributed by atoms with Gasteiger partial charge in [-0.1, -0.05) is 49.9 Å². The maximum absolute atomic E-state index is 12.1. The summed E-state index contributed by atoms with van der Waals surface area (Å²) in [5, 5.41) is 58.2. The molecule has 2 saturated carbocycles. The van der Waals surface area contributed by atoms with Crippen molar-refractivity contribution < 1.29 is 44.5 Å². The van der Waals surface area contributed by atoms with Gasteiger partial charge in [-0.3, -0.25) is 0 Å². The van der Waals surface area contributed by atoms with Gasteiger partial charge in [0.15, 0.2) is 0 Å². The first kappa shape index (κ1) is 26.6. The second-order valence-electron chi connectivity index (χ2n) is 12.3. The lowest BCUT2D eigenvalue weighted by atomic mass is 9.52. The van der Waals surface area contributed by atoms with Crippen LogP contribution in [-0.4, -0.2) is 84.4 Å². The zero-order valence-electron chi connectivity index (χ0n) is 22.4. The Kier molecular flexibility index (Phi) is 5.57. The summed E-state index contributed by atoms with van der Waals surface area (Å²) >= 11 is 0. The third kappa shape index (κ3) is 2.92. The van der Waals surface area contributed by atoms with Crippen molar-refractivity contribution in [3.8, 4) is 0 Å². The van der Waals surface area contributed by atoms with Crippen molar-refractivity contribution in [3.05, 3.63) is 59.7 Å². The summed E-state index contributed by atoms with van der Waals surface area (Å²) in [5.41, 5.74) is -5.28. The minimum absolute atomic E-state index is 0.244. The Bertz CT molecular complexity index is 1180. The molecule has 2 heterocycles. The molecule has 38 heavy (non-hydrogen) atoms. The highest BCUT2D eigenvalue weighted by atomic mass is 16.9. The fourth-order valence-electron chi connectivity index (χ4n) is 8.34. The summed E-state index contributed by atoms with van der Waals surface area (Å²) in [4.78, 5) is 0. The normalized spacial score (nSPS) is 54.7. The van der Waals surface area contributed by atoms with Crippen LogP contribution in [0, 0.1) is 17.8 Å². The van der Waals surface area contributed by atoms with Crippen molar-refractivity contribution >= 4 is 0 Å². The van der Waals surface area contributed by atoms with E-state index >= 15 is 0 Å². The summed E-state index contributed by atoms with van der Waals surface area (Å²) in [7, 11) is 0. The van der Waals surface area contributed by atoms with E-state index in [-0.39, 0.29) is 6.61 Å². The molecule has 4 fully saturated rings. The van der Waals surface area contributed by atoms with E-state index in [4.69, 9.17) is 18.9 Å². The van der Waals surface area contributed by atoms with Crippen molar-refractivity contribution in [1.82, 2.24) is 0 Å². The quantitative estimate of drug-likeness (QED) is 0.363. The van der Waals surface area contributed by atoms with E-state index in [1.54, 1.807) is 19.9 Å². The van der Waals surface area contributed by atoms with Crippen molar-refractivity contribution in [2.75, 3.05) is 0 Å². The van der Waals surface area contributed by atoms with Gasteiger partial charge >= 0.3 is 0 Å². The molecule has 1 unspecified atom stereocenters. The van der Waals surface area contributed by atoms with Gasteiger partial charge in [-0.15, -0.1) is 0 Å². The summed E-state index contributed by atoms with van der Waals surface area (Å²) in [6.07, 6.45) is -4.98. The predicted octanol–water partition coefficient (Wildman–Crippen LogP) is 1.17.